The summed E-state index contributed by atoms with van der Waals surface area (Å²) in [5.74, 6) is 1.54. The summed E-state index contributed by atoms with van der Waals surface area (Å²) in [6, 6.07) is 5.65. The maximum atomic E-state index is 5.43. The van der Waals surface area contributed by atoms with Crippen LogP contribution < -0.4 is 5.73 Å². The molecule has 0 atom stereocenters. The first-order chi connectivity index (χ1) is 6.29. The molecule has 0 aliphatic heterocycles. The van der Waals surface area contributed by atoms with E-state index in [4.69, 9.17) is 10.2 Å². The Morgan fingerprint density at radius 1 is 1.46 bits per heavy atom. The molecule has 2 heterocycles. The minimum absolute atomic E-state index is 0.423. The lowest BCUT2D eigenvalue weighted by Gasteiger charge is -1.90. The zero-order valence-electron chi connectivity index (χ0n) is 7.40. The number of aryl methyl sites for hydroxylation is 1. The van der Waals surface area contributed by atoms with Crippen LogP contribution in [0.3, 0.4) is 0 Å². The number of hydrogen-bond donors (Lipinski definition) is 1. The second-order valence-electron chi connectivity index (χ2n) is 2.84. The van der Waals surface area contributed by atoms with Crippen LogP contribution in [0.15, 0.2) is 28.8 Å². The zero-order valence-corrected chi connectivity index (χ0v) is 7.40. The van der Waals surface area contributed by atoms with Crippen molar-refractivity contribution in [1.82, 2.24) is 9.78 Å². The van der Waals surface area contributed by atoms with Crippen molar-refractivity contribution in [3.63, 3.8) is 0 Å². The Kier molecular flexibility index (Phi) is 1.90. The van der Waals surface area contributed by atoms with Crippen molar-refractivity contribution in [3.05, 3.63) is 30.2 Å². The smallest absolute Gasteiger partial charge is 0.154 e. The summed E-state index contributed by atoms with van der Waals surface area (Å²) in [6.45, 7) is 0.423. The fraction of sp³-hybridized carbons (Fsp3) is 0.222. The summed E-state index contributed by atoms with van der Waals surface area (Å²) >= 11 is 0. The Labute approximate surface area is 76.0 Å². The molecule has 0 aliphatic carbocycles. The summed E-state index contributed by atoms with van der Waals surface area (Å²) < 4.78 is 7.17. The van der Waals surface area contributed by atoms with Crippen molar-refractivity contribution in [2.24, 2.45) is 12.8 Å². The minimum atomic E-state index is 0.423. The molecule has 0 aromatic carbocycles. The Hall–Kier alpha value is -1.55. The topological polar surface area (TPSA) is 57.0 Å². The Morgan fingerprint density at radius 2 is 2.31 bits per heavy atom. The van der Waals surface area contributed by atoms with Crippen molar-refractivity contribution >= 4 is 0 Å². The third-order valence-electron chi connectivity index (χ3n) is 1.83. The van der Waals surface area contributed by atoms with Gasteiger partial charge in [-0.1, -0.05) is 0 Å². The van der Waals surface area contributed by atoms with Crippen molar-refractivity contribution in [1.29, 1.82) is 0 Å². The van der Waals surface area contributed by atoms with E-state index in [9.17, 15) is 0 Å². The van der Waals surface area contributed by atoms with Crippen molar-refractivity contribution < 1.29 is 4.42 Å². The van der Waals surface area contributed by atoms with Gasteiger partial charge in [-0.05, 0) is 18.2 Å². The lowest BCUT2D eigenvalue weighted by molar-refractivity contribution is 0.522. The molecule has 0 saturated carbocycles. The maximum absolute atomic E-state index is 5.43. The van der Waals surface area contributed by atoms with E-state index in [0.29, 0.717) is 6.54 Å². The molecule has 2 aromatic rings. The Bertz CT molecular complexity index is 402. The van der Waals surface area contributed by atoms with Gasteiger partial charge in [0.05, 0.1) is 6.54 Å². The molecule has 0 amide bonds. The summed E-state index contributed by atoms with van der Waals surface area (Å²) in [6.07, 6.45) is 1.87. The zero-order chi connectivity index (χ0) is 9.26. The van der Waals surface area contributed by atoms with Crippen LogP contribution in [-0.2, 0) is 13.6 Å². The first kappa shape index (κ1) is 8.07. The lowest BCUT2D eigenvalue weighted by atomic mass is 10.3. The highest BCUT2D eigenvalue weighted by atomic mass is 16.3. The van der Waals surface area contributed by atoms with Gasteiger partial charge >= 0.3 is 0 Å². The van der Waals surface area contributed by atoms with Crippen molar-refractivity contribution in [2.75, 3.05) is 0 Å². The highest BCUT2D eigenvalue weighted by Gasteiger charge is 2.05. The summed E-state index contributed by atoms with van der Waals surface area (Å²) in [7, 11) is 1.87. The van der Waals surface area contributed by atoms with Gasteiger partial charge in [0, 0.05) is 13.2 Å². The molecule has 0 aliphatic rings. The fourth-order valence-electron chi connectivity index (χ4n) is 1.17. The van der Waals surface area contributed by atoms with Crippen LogP contribution in [-0.4, -0.2) is 9.78 Å². The number of rotatable bonds is 2. The summed E-state index contributed by atoms with van der Waals surface area (Å²) in [5.41, 5.74) is 6.26. The van der Waals surface area contributed by atoms with E-state index in [1.54, 1.807) is 4.68 Å². The first-order valence-corrected chi connectivity index (χ1v) is 4.08. The van der Waals surface area contributed by atoms with Crippen LogP contribution >= 0.6 is 0 Å². The molecule has 2 aromatic heterocycles. The highest BCUT2D eigenvalue weighted by Crippen LogP contribution is 2.19. The minimum Gasteiger partial charge on any atom is -0.458 e. The molecule has 0 unspecified atom stereocenters. The SMILES string of the molecule is Cn1ccc(-c2ccc(CN)o2)n1. The van der Waals surface area contributed by atoms with Crippen LogP contribution in [0, 0.1) is 0 Å². The lowest BCUT2D eigenvalue weighted by Crippen LogP contribution is -1.92. The van der Waals surface area contributed by atoms with E-state index >= 15 is 0 Å². The number of nitrogens with zero attached hydrogens (tertiary/aromatic N) is 2. The quantitative estimate of drug-likeness (QED) is 0.748. The molecule has 2 N–H and O–H groups in total. The Morgan fingerprint density at radius 3 is 2.85 bits per heavy atom. The second-order valence-corrected chi connectivity index (χ2v) is 2.84. The maximum Gasteiger partial charge on any atom is 0.154 e. The van der Waals surface area contributed by atoms with Gasteiger partial charge in [-0.25, -0.2) is 0 Å². The summed E-state index contributed by atoms with van der Waals surface area (Å²) in [5, 5.41) is 4.21. The molecule has 2 rings (SSSR count). The molecular formula is C9H11N3O. The standard InChI is InChI=1S/C9H11N3O/c1-12-5-4-8(11-12)9-3-2-7(6-10)13-9/h2-5H,6,10H2,1H3. The third kappa shape index (κ3) is 1.48. The average Bonchev–Trinajstić information content (AvgIpc) is 2.71. The number of aromatic nitrogens is 2. The van der Waals surface area contributed by atoms with Gasteiger partial charge in [0.1, 0.15) is 11.5 Å². The third-order valence-corrected chi connectivity index (χ3v) is 1.83. The molecule has 4 nitrogen and oxygen atoms in total. The van der Waals surface area contributed by atoms with E-state index < -0.39 is 0 Å². The largest absolute Gasteiger partial charge is 0.458 e. The van der Waals surface area contributed by atoms with Crippen LogP contribution in [0.5, 0.6) is 0 Å². The van der Waals surface area contributed by atoms with Crippen LogP contribution in [0.25, 0.3) is 11.5 Å². The molecule has 68 valence electrons. The Balaban J connectivity index is 2.35. The molecule has 13 heavy (non-hydrogen) atoms. The van der Waals surface area contributed by atoms with Crippen LogP contribution in [0.2, 0.25) is 0 Å². The average molecular weight is 177 g/mol. The van der Waals surface area contributed by atoms with Gasteiger partial charge in [0.25, 0.3) is 0 Å². The molecule has 4 heteroatoms. The van der Waals surface area contributed by atoms with Gasteiger partial charge in [-0.15, -0.1) is 0 Å². The van der Waals surface area contributed by atoms with Crippen LogP contribution in [0.4, 0.5) is 0 Å². The van der Waals surface area contributed by atoms with Gasteiger partial charge in [0.2, 0.25) is 0 Å². The van der Waals surface area contributed by atoms with Gasteiger partial charge in [0.15, 0.2) is 5.76 Å². The number of hydrogen-bond acceptors (Lipinski definition) is 3. The van der Waals surface area contributed by atoms with E-state index in [-0.39, 0.29) is 0 Å². The second kappa shape index (κ2) is 3.06. The van der Waals surface area contributed by atoms with E-state index in [2.05, 4.69) is 5.10 Å². The monoisotopic (exact) mass is 177 g/mol. The number of furan rings is 1. The highest BCUT2D eigenvalue weighted by molar-refractivity contribution is 5.51. The number of nitrogens with two attached hydrogens (primary N) is 1. The predicted octanol–water partition coefficient (Wildman–Crippen LogP) is 1.14. The molecule has 0 fully saturated rings. The van der Waals surface area contributed by atoms with E-state index in [1.807, 2.05) is 31.4 Å². The van der Waals surface area contributed by atoms with Crippen molar-refractivity contribution in [2.45, 2.75) is 6.54 Å². The van der Waals surface area contributed by atoms with Crippen molar-refractivity contribution in [3.8, 4) is 11.5 Å². The normalized spacial score (nSPS) is 10.6. The fourth-order valence-corrected chi connectivity index (χ4v) is 1.17. The first-order valence-electron chi connectivity index (χ1n) is 4.08. The van der Waals surface area contributed by atoms with Gasteiger partial charge < -0.3 is 10.2 Å². The van der Waals surface area contributed by atoms with Crippen LogP contribution in [0.1, 0.15) is 5.76 Å². The molecule has 0 saturated heterocycles. The molecule has 0 radical (unpaired) electrons. The van der Waals surface area contributed by atoms with Gasteiger partial charge in [-0.3, -0.25) is 4.68 Å². The van der Waals surface area contributed by atoms with E-state index in [0.717, 1.165) is 17.2 Å². The predicted molar refractivity (Wildman–Crippen MR) is 48.8 cm³/mol. The molecule has 0 spiro atoms. The van der Waals surface area contributed by atoms with E-state index in [1.165, 1.54) is 0 Å². The summed E-state index contributed by atoms with van der Waals surface area (Å²) in [4.78, 5) is 0. The molecular weight excluding hydrogens is 166 g/mol. The molecule has 0 bridgehead atoms. The van der Waals surface area contributed by atoms with Gasteiger partial charge in [-0.2, -0.15) is 5.10 Å².